The highest BCUT2D eigenvalue weighted by atomic mass is 16.5. The second-order valence-electron chi connectivity index (χ2n) is 5.02. The van der Waals surface area contributed by atoms with E-state index in [0.29, 0.717) is 11.3 Å². The molecule has 0 heterocycles. The molecule has 0 atom stereocenters. The molecule has 118 valence electrons. The van der Waals surface area contributed by atoms with Crippen LogP contribution in [-0.2, 0) is 4.79 Å². The van der Waals surface area contributed by atoms with Crippen molar-refractivity contribution in [1.82, 2.24) is 5.32 Å². The summed E-state index contributed by atoms with van der Waals surface area (Å²) in [6.45, 7) is 1.93. The quantitative estimate of drug-likeness (QED) is 0.831. The summed E-state index contributed by atoms with van der Waals surface area (Å²) in [5, 5.41) is 2.55. The molecule has 0 aliphatic rings. The lowest BCUT2D eigenvalue weighted by atomic mass is 10.1. The van der Waals surface area contributed by atoms with Gasteiger partial charge in [-0.15, -0.1) is 0 Å². The van der Waals surface area contributed by atoms with Gasteiger partial charge in [-0.05, 0) is 42.8 Å². The number of nitrogens with one attached hydrogen (secondary N) is 1. The fraction of sp³-hybridized carbons (Fsp3) is 0.111. The minimum atomic E-state index is -0.707. The zero-order chi connectivity index (χ0) is 16.8. The molecule has 0 saturated carbocycles. The van der Waals surface area contributed by atoms with Crippen molar-refractivity contribution in [1.29, 1.82) is 0 Å². The molecule has 0 radical (unpaired) electrons. The fourth-order valence-corrected chi connectivity index (χ4v) is 1.94. The van der Waals surface area contributed by atoms with E-state index in [0.717, 1.165) is 11.1 Å². The summed E-state index contributed by atoms with van der Waals surface area (Å²) in [5.74, 6) is -0.392. The minimum absolute atomic E-state index is 0.0285. The van der Waals surface area contributed by atoms with E-state index in [2.05, 4.69) is 5.32 Å². The third kappa shape index (κ3) is 4.44. The van der Waals surface area contributed by atoms with Crippen LogP contribution in [0.1, 0.15) is 21.5 Å². The molecule has 0 saturated heterocycles. The topological polar surface area (TPSA) is 81.4 Å². The van der Waals surface area contributed by atoms with Crippen LogP contribution < -0.4 is 15.8 Å². The predicted molar refractivity (Wildman–Crippen MR) is 88.8 cm³/mol. The molecule has 0 spiro atoms. The zero-order valence-corrected chi connectivity index (χ0v) is 13.0. The highest BCUT2D eigenvalue weighted by molar-refractivity contribution is 6.04. The third-order valence-electron chi connectivity index (χ3n) is 3.25. The Morgan fingerprint density at radius 1 is 1.04 bits per heavy atom. The average Bonchev–Trinajstić information content (AvgIpc) is 2.55. The molecule has 5 nitrogen and oxygen atoms in total. The summed E-state index contributed by atoms with van der Waals surface area (Å²) in [4.78, 5) is 23.7. The maximum atomic E-state index is 12.2. The van der Waals surface area contributed by atoms with Gasteiger partial charge in [-0.2, -0.15) is 0 Å². The van der Waals surface area contributed by atoms with Crippen molar-refractivity contribution in [3.8, 4) is 5.75 Å². The third-order valence-corrected chi connectivity index (χ3v) is 3.25. The van der Waals surface area contributed by atoms with E-state index in [1.165, 1.54) is 6.08 Å². The van der Waals surface area contributed by atoms with Crippen LogP contribution in [0.5, 0.6) is 5.75 Å². The van der Waals surface area contributed by atoms with Gasteiger partial charge >= 0.3 is 0 Å². The molecule has 0 fully saturated rings. The predicted octanol–water partition coefficient (Wildman–Crippen LogP) is 2.26. The molecule has 3 N–H and O–H groups in total. The van der Waals surface area contributed by atoms with E-state index in [4.69, 9.17) is 10.5 Å². The van der Waals surface area contributed by atoms with Crippen molar-refractivity contribution in [2.45, 2.75) is 6.92 Å². The van der Waals surface area contributed by atoms with Crippen LogP contribution in [0, 0.1) is 6.92 Å². The molecular formula is C18H18N2O3. The maximum Gasteiger partial charge on any atom is 0.265 e. The van der Waals surface area contributed by atoms with Crippen LogP contribution in [0.4, 0.5) is 0 Å². The van der Waals surface area contributed by atoms with Crippen LogP contribution in [0.15, 0.2) is 54.2 Å². The van der Waals surface area contributed by atoms with Crippen molar-refractivity contribution in [3.05, 3.63) is 70.9 Å². The summed E-state index contributed by atoms with van der Waals surface area (Å²) in [6, 6.07) is 14.1. The lowest BCUT2D eigenvalue weighted by Gasteiger charge is -2.08. The number of aryl methyl sites for hydroxylation is 1. The van der Waals surface area contributed by atoms with Crippen LogP contribution in [0.25, 0.3) is 6.08 Å². The summed E-state index contributed by atoms with van der Waals surface area (Å²) < 4.78 is 5.07. The second kappa shape index (κ2) is 7.26. The number of hydrogen-bond acceptors (Lipinski definition) is 3. The van der Waals surface area contributed by atoms with Gasteiger partial charge in [0.15, 0.2) is 0 Å². The SMILES string of the molecule is COc1ccc(/C=C(\NC(=O)c2ccc(C)cc2)C(N)=O)cc1. The second-order valence-corrected chi connectivity index (χ2v) is 5.02. The van der Waals surface area contributed by atoms with Crippen molar-refractivity contribution in [3.63, 3.8) is 0 Å². The number of benzene rings is 2. The Kier molecular flexibility index (Phi) is 5.15. The molecule has 2 rings (SSSR count). The highest BCUT2D eigenvalue weighted by Gasteiger charge is 2.11. The number of hydrogen-bond donors (Lipinski definition) is 2. The van der Waals surface area contributed by atoms with Crippen LogP contribution in [0.2, 0.25) is 0 Å². The number of carbonyl (C=O) groups is 2. The standard InChI is InChI=1S/C18H18N2O3/c1-12-3-7-14(8-4-12)18(22)20-16(17(19)21)11-13-5-9-15(23-2)10-6-13/h3-11H,1-2H3,(H2,19,21)(H,20,22)/b16-11-. The monoisotopic (exact) mass is 310 g/mol. The number of amides is 2. The van der Waals surface area contributed by atoms with Gasteiger partial charge in [0.1, 0.15) is 11.4 Å². The molecule has 5 heteroatoms. The number of primary amides is 1. The van der Waals surface area contributed by atoms with E-state index >= 15 is 0 Å². The molecule has 0 aliphatic heterocycles. The van der Waals surface area contributed by atoms with Gasteiger partial charge in [0.2, 0.25) is 0 Å². The largest absolute Gasteiger partial charge is 0.497 e. The van der Waals surface area contributed by atoms with Gasteiger partial charge in [-0.25, -0.2) is 0 Å². The Morgan fingerprint density at radius 3 is 2.17 bits per heavy atom. The van der Waals surface area contributed by atoms with Crippen molar-refractivity contribution < 1.29 is 14.3 Å². The van der Waals surface area contributed by atoms with Crippen molar-refractivity contribution in [2.24, 2.45) is 5.73 Å². The fourth-order valence-electron chi connectivity index (χ4n) is 1.94. The normalized spacial score (nSPS) is 11.0. The molecule has 2 amide bonds. The summed E-state index contributed by atoms with van der Waals surface area (Å²) in [5.41, 5.74) is 7.60. The van der Waals surface area contributed by atoms with Crippen molar-refractivity contribution >= 4 is 17.9 Å². The van der Waals surface area contributed by atoms with E-state index in [1.54, 1.807) is 43.5 Å². The molecule has 23 heavy (non-hydrogen) atoms. The molecular weight excluding hydrogens is 292 g/mol. The Morgan fingerprint density at radius 2 is 1.65 bits per heavy atom. The van der Waals surface area contributed by atoms with Gasteiger partial charge in [-0.3, -0.25) is 9.59 Å². The molecule has 0 bridgehead atoms. The van der Waals surface area contributed by atoms with Gasteiger partial charge in [0.25, 0.3) is 11.8 Å². The van der Waals surface area contributed by atoms with E-state index < -0.39 is 5.91 Å². The van der Waals surface area contributed by atoms with Crippen LogP contribution in [-0.4, -0.2) is 18.9 Å². The van der Waals surface area contributed by atoms with E-state index in [9.17, 15) is 9.59 Å². The number of rotatable bonds is 5. The molecule has 0 aromatic heterocycles. The Bertz CT molecular complexity index is 732. The molecule has 2 aromatic carbocycles. The lowest BCUT2D eigenvalue weighted by Crippen LogP contribution is -2.31. The van der Waals surface area contributed by atoms with Crippen LogP contribution in [0.3, 0.4) is 0 Å². The summed E-state index contributed by atoms with van der Waals surface area (Å²) in [6.07, 6.45) is 1.52. The zero-order valence-electron chi connectivity index (χ0n) is 13.0. The minimum Gasteiger partial charge on any atom is -0.497 e. The lowest BCUT2D eigenvalue weighted by molar-refractivity contribution is -0.114. The maximum absolute atomic E-state index is 12.2. The summed E-state index contributed by atoms with van der Waals surface area (Å²) >= 11 is 0. The highest BCUT2D eigenvalue weighted by Crippen LogP contribution is 2.13. The average molecular weight is 310 g/mol. The first-order valence-electron chi connectivity index (χ1n) is 7.03. The Hall–Kier alpha value is -3.08. The molecule has 0 aliphatic carbocycles. The van der Waals surface area contributed by atoms with Crippen molar-refractivity contribution in [2.75, 3.05) is 7.11 Å². The van der Waals surface area contributed by atoms with Crippen LogP contribution >= 0.6 is 0 Å². The molecule has 2 aromatic rings. The first-order valence-corrected chi connectivity index (χ1v) is 7.03. The number of nitrogens with two attached hydrogens (primary N) is 1. The number of methoxy groups -OCH3 is 1. The Labute approximate surface area is 134 Å². The first-order chi connectivity index (χ1) is 11.0. The van der Waals surface area contributed by atoms with Gasteiger partial charge in [0, 0.05) is 5.56 Å². The van der Waals surface area contributed by atoms with Gasteiger partial charge in [-0.1, -0.05) is 29.8 Å². The first kappa shape index (κ1) is 16.3. The van der Waals surface area contributed by atoms with Gasteiger partial charge < -0.3 is 15.8 Å². The Balaban J connectivity index is 2.20. The number of carbonyl (C=O) groups excluding carboxylic acids is 2. The molecule has 0 unspecified atom stereocenters. The summed E-state index contributed by atoms with van der Waals surface area (Å²) in [7, 11) is 1.57. The van der Waals surface area contributed by atoms with Gasteiger partial charge in [0.05, 0.1) is 7.11 Å². The van der Waals surface area contributed by atoms with E-state index in [1.807, 2.05) is 19.1 Å². The number of ether oxygens (including phenoxy) is 1. The van der Waals surface area contributed by atoms with E-state index in [-0.39, 0.29) is 11.6 Å². The smallest absolute Gasteiger partial charge is 0.265 e.